The molecule has 4 atom stereocenters. The van der Waals surface area contributed by atoms with Crippen molar-refractivity contribution < 1.29 is 47.6 Å². The molecule has 0 bridgehead atoms. The number of anilines is 1. The van der Waals surface area contributed by atoms with Gasteiger partial charge in [-0.05, 0) is 74.7 Å². The van der Waals surface area contributed by atoms with Crippen molar-refractivity contribution in [3.8, 4) is 22.6 Å². The van der Waals surface area contributed by atoms with Crippen LogP contribution in [0, 0.1) is 19.7 Å². The van der Waals surface area contributed by atoms with E-state index in [0.717, 1.165) is 0 Å². The van der Waals surface area contributed by atoms with Gasteiger partial charge in [0.25, 0.3) is 5.91 Å². The molecule has 0 radical (unpaired) electrons. The zero-order valence-corrected chi connectivity index (χ0v) is 25.6. The largest absolute Gasteiger partial charge is 0.505 e. The maximum atomic E-state index is 14.1. The number of nitrogens with one attached hydrogen (secondary N) is 1. The molecule has 46 heavy (non-hydrogen) atoms. The highest BCUT2D eigenvalue weighted by Gasteiger charge is 2.53. The number of ether oxygens (including phenoxy) is 4. The fourth-order valence-electron chi connectivity index (χ4n) is 5.47. The van der Waals surface area contributed by atoms with E-state index in [4.69, 9.17) is 29.1 Å². The van der Waals surface area contributed by atoms with Crippen LogP contribution in [0.15, 0.2) is 63.8 Å². The number of aromatic hydroxyl groups is 1. The van der Waals surface area contributed by atoms with E-state index < -0.39 is 59.3 Å². The Hall–Kier alpha value is -4.98. The molecule has 242 valence electrons. The minimum absolute atomic E-state index is 0.0503. The number of carbonyl (C=O) groups is 2. The van der Waals surface area contributed by atoms with Crippen molar-refractivity contribution in [1.29, 1.82) is 0 Å². The van der Waals surface area contributed by atoms with E-state index in [9.17, 15) is 29.0 Å². The third-order valence-corrected chi connectivity index (χ3v) is 7.88. The molecule has 5 rings (SSSR count). The summed E-state index contributed by atoms with van der Waals surface area (Å²) in [4.78, 5) is 37.7. The molecule has 4 aromatic rings. The Morgan fingerprint density at radius 1 is 1.07 bits per heavy atom. The summed E-state index contributed by atoms with van der Waals surface area (Å²) in [5.41, 5.74) is 4.56. The van der Waals surface area contributed by atoms with Crippen LogP contribution >= 0.6 is 0 Å². The zero-order chi connectivity index (χ0) is 33.5. The summed E-state index contributed by atoms with van der Waals surface area (Å²) in [6.07, 6.45) is -6.14. The van der Waals surface area contributed by atoms with Crippen LogP contribution in [-0.4, -0.2) is 59.5 Å². The number of hydrogen-bond acceptors (Lipinski definition) is 10. The number of amides is 2. The minimum Gasteiger partial charge on any atom is -0.505 e. The van der Waals surface area contributed by atoms with Crippen LogP contribution in [0.4, 0.5) is 14.9 Å². The molecule has 1 fully saturated rings. The van der Waals surface area contributed by atoms with Gasteiger partial charge in [0.15, 0.2) is 23.6 Å². The summed E-state index contributed by atoms with van der Waals surface area (Å²) in [6.45, 7) is 6.50. The highest BCUT2D eigenvalue weighted by Crippen LogP contribution is 2.38. The molecule has 5 N–H and O–H groups in total. The van der Waals surface area contributed by atoms with E-state index in [1.165, 1.54) is 37.4 Å². The van der Waals surface area contributed by atoms with E-state index in [-0.39, 0.29) is 33.7 Å². The summed E-state index contributed by atoms with van der Waals surface area (Å²) in [5, 5.41) is 24.5. The first kappa shape index (κ1) is 32.4. The molecular formula is C33H33FN2O10. The molecule has 1 aromatic heterocycles. The van der Waals surface area contributed by atoms with E-state index in [2.05, 4.69) is 5.32 Å². The average molecular weight is 637 g/mol. The number of aliphatic hydroxyl groups excluding tert-OH is 1. The third-order valence-electron chi connectivity index (χ3n) is 7.88. The topological polar surface area (TPSA) is 180 Å². The van der Waals surface area contributed by atoms with Crippen molar-refractivity contribution in [2.24, 2.45) is 5.73 Å². The second-order valence-electron chi connectivity index (χ2n) is 11.4. The second kappa shape index (κ2) is 12.4. The van der Waals surface area contributed by atoms with Crippen LogP contribution < -0.4 is 21.4 Å². The Labute approximate surface area is 262 Å². The predicted octanol–water partition coefficient (Wildman–Crippen LogP) is 4.53. The quantitative estimate of drug-likeness (QED) is 0.211. The number of nitrogens with two attached hydrogens (primary N) is 1. The molecule has 2 heterocycles. The summed E-state index contributed by atoms with van der Waals surface area (Å²) < 4.78 is 42.0. The van der Waals surface area contributed by atoms with E-state index in [1.54, 1.807) is 52.0 Å². The van der Waals surface area contributed by atoms with Crippen LogP contribution in [0.5, 0.6) is 11.5 Å². The van der Waals surface area contributed by atoms with Gasteiger partial charge in [-0.3, -0.25) is 4.79 Å². The van der Waals surface area contributed by atoms with Crippen molar-refractivity contribution in [2.45, 2.75) is 57.9 Å². The van der Waals surface area contributed by atoms with Crippen molar-refractivity contribution in [3.63, 3.8) is 0 Å². The number of carbonyl (C=O) groups excluding carboxylic acids is 2. The van der Waals surface area contributed by atoms with Crippen LogP contribution in [0.1, 0.15) is 35.3 Å². The number of aryl methyl sites for hydroxylation is 2. The lowest BCUT2D eigenvalue weighted by Crippen LogP contribution is -2.65. The number of methoxy groups -OCH3 is 1. The van der Waals surface area contributed by atoms with Crippen molar-refractivity contribution in [2.75, 3.05) is 12.4 Å². The fourth-order valence-corrected chi connectivity index (χ4v) is 5.47. The van der Waals surface area contributed by atoms with Gasteiger partial charge in [-0.15, -0.1) is 0 Å². The lowest BCUT2D eigenvalue weighted by atomic mass is 9.89. The minimum atomic E-state index is -1.53. The Morgan fingerprint density at radius 3 is 2.46 bits per heavy atom. The van der Waals surface area contributed by atoms with Gasteiger partial charge in [-0.1, -0.05) is 24.3 Å². The fraction of sp³-hybridized carbons (Fsp3) is 0.303. The average Bonchev–Trinajstić information content (AvgIpc) is 3.00. The van der Waals surface area contributed by atoms with E-state index >= 15 is 0 Å². The Balaban J connectivity index is 1.42. The third kappa shape index (κ3) is 6.12. The first-order valence-corrected chi connectivity index (χ1v) is 14.2. The van der Waals surface area contributed by atoms with Gasteiger partial charge >= 0.3 is 11.7 Å². The second-order valence-corrected chi connectivity index (χ2v) is 11.4. The zero-order valence-electron chi connectivity index (χ0n) is 25.6. The van der Waals surface area contributed by atoms with Gasteiger partial charge in [0, 0.05) is 18.2 Å². The normalized spacial score (nSPS) is 20.7. The molecule has 1 aliphatic heterocycles. The van der Waals surface area contributed by atoms with Gasteiger partial charge in [-0.25, -0.2) is 14.0 Å². The highest BCUT2D eigenvalue weighted by atomic mass is 19.1. The standard InChI is InChI=1S/C33H33FN2O10/c1-15-9-10-18(14-21(15)34)17-7-6-8-19(13-17)29(39)36-23-24(37)20-11-12-22(16(2)26(20)44-30(23)40)43-31-25(38)27(45-32(35)41)28(42-5)33(3,4)46-31/h6-14,25,27-28,31,37-38H,1-5H3,(H2,35,41)(H,36,39)/t25-,27+,28-,31-/m1/s1. The van der Waals surface area contributed by atoms with Crippen molar-refractivity contribution in [1.82, 2.24) is 0 Å². The maximum absolute atomic E-state index is 14.1. The number of fused-ring (bicyclic) bond motifs is 1. The van der Waals surface area contributed by atoms with Crippen molar-refractivity contribution >= 4 is 28.7 Å². The first-order chi connectivity index (χ1) is 21.7. The molecule has 1 saturated heterocycles. The number of primary amides is 1. The smallest absolute Gasteiger partial charge is 0.404 e. The summed E-state index contributed by atoms with van der Waals surface area (Å²) in [6, 6.07) is 13.9. The van der Waals surface area contributed by atoms with Crippen LogP contribution in [0.25, 0.3) is 22.1 Å². The summed E-state index contributed by atoms with van der Waals surface area (Å²) >= 11 is 0. The number of halogens is 1. The summed E-state index contributed by atoms with van der Waals surface area (Å²) in [7, 11) is 1.37. The van der Waals surface area contributed by atoms with Crippen LogP contribution in [0.2, 0.25) is 0 Å². The van der Waals surface area contributed by atoms with Crippen LogP contribution in [0.3, 0.4) is 0 Å². The van der Waals surface area contributed by atoms with E-state index in [0.29, 0.717) is 16.7 Å². The predicted molar refractivity (Wildman–Crippen MR) is 164 cm³/mol. The Bertz CT molecular complexity index is 1890. The number of hydrogen-bond donors (Lipinski definition) is 4. The molecule has 2 amide bonds. The number of benzene rings is 3. The lowest BCUT2D eigenvalue weighted by molar-refractivity contribution is -0.304. The molecule has 1 aliphatic rings. The molecule has 0 spiro atoms. The lowest BCUT2D eigenvalue weighted by Gasteiger charge is -2.47. The van der Waals surface area contributed by atoms with Crippen molar-refractivity contribution in [3.05, 3.63) is 87.5 Å². The monoisotopic (exact) mass is 636 g/mol. The van der Waals surface area contributed by atoms with Crippen LogP contribution in [-0.2, 0) is 14.2 Å². The SMILES string of the molecule is CO[C@@H]1[C@@H](OC(N)=O)[C@@H](O)[C@H](Oc2ccc3c(O)c(NC(=O)c4cccc(-c5ccc(C)c(F)c5)c4)c(=O)oc3c2C)OC1(C)C. The summed E-state index contributed by atoms with van der Waals surface area (Å²) in [5.74, 6) is -1.52. The first-order valence-electron chi connectivity index (χ1n) is 14.2. The maximum Gasteiger partial charge on any atom is 0.404 e. The Kier molecular flexibility index (Phi) is 8.76. The van der Waals surface area contributed by atoms with Gasteiger partial charge < -0.3 is 44.6 Å². The number of rotatable bonds is 7. The van der Waals surface area contributed by atoms with Gasteiger partial charge in [-0.2, -0.15) is 0 Å². The van der Waals surface area contributed by atoms with Gasteiger partial charge in [0.1, 0.15) is 23.3 Å². The van der Waals surface area contributed by atoms with Gasteiger partial charge in [0.05, 0.1) is 11.0 Å². The van der Waals surface area contributed by atoms with Gasteiger partial charge in [0.2, 0.25) is 6.29 Å². The molecule has 0 aliphatic carbocycles. The van der Waals surface area contributed by atoms with E-state index in [1.807, 2.05) is 0 Å². The Morgan fingerprint density at radius 2 is 1.78 bits per heavy atom. The molecular weight excluding hydrogens is 603 g/mol. The molecule has 12 nitrogen and oxygen atoms in total. The molecule has 0 unspecified atom stereocenters. The molecule has 13 heteroatoms. The molecule has 0 saturated carbocycles. The number of aliphatic hydroxyl groups is 1. The molecule has 3 aromatic carbocycles. The highest BCUT2D eigenvalue weighted by molar-refractivity contribution is 6.07.